The number of carboxylic acid groups (broad SMARTS) is 2. The Kier molecular flexibility index (Phi) is 12.3. The van der Waals surface area contributed by atoms with Crippen molar-refractivity contribution in [2.45, 2.75) is 65.5 Å². The van der Waals surface area contributed by atoms with Crippen molar-refractivity contribution in [2.24, 2.45) is 23.3 Å². The van der Waals surface area contributed by atoms with Crippen molar-refractivity contribution < 1.29 is 19.8 Å². The van der Waals surface area contributed by atoms with Crippen LogP contribution < -0.4 is 11.5 Å². The van der Waals surface area contributed by atoms with Crippen molar-refractivity contribution in [3.8, 4) is 0 Å². The first kappa shape index (κ1) is 21.2. The summed E-state index contributed by atoms with van der Waals surface area (Å²) in [6.45, 7) is 8.12. The van der Waals surface area contributed by atoms with Gasteiger partial charge in [-0.1, -0.05) is 27.7 Å². The third-order valence-electron chi connectivity index (χ3n) is 2.42. The summed E-state index contributed by atoms with van der Waals surface area (Å²) in [4.78, 5) is 20.2. The van der Waals surface area contributed by atoms with Crippen molar-refractivity contribution in [1.29, 1.82) is 0 Å². The Labute approximate surface area is 121 Å². The van der Waals surface area contributed by atoms with Crippen LogP contribution in [0.3, 0.4) is 0 Å². The molecule has 0 radical (unpaired) electrons. The van der Waals surface area contributed by atoms with Gasteiger partial charge in [0.15, 0.2) is 0 Å². The molecule has 0 saturated heterocycles. The molecule has 0 aliphatic carbocycles. The molecule has 0 unspecified atom stereocenters. The van der Waals surface area contributed by atoms with E-state index in [2.05, 4.69) is 0 Å². The summed E-state index contributed by atoms with van der Waals surface area (Å²) in [7, 11) is 0. The molecule has 0 bridgehead atoms. The van der Waals surface area contributed by atoms with Gasteiger partial charge in [0.25, 0.3) is 0 Å². The van der Waals surface area contributed by atoms with Crippen LogP contribution in [0.15, 0.2) is 0 Å². The van der Waals surface area contributed by atoms with E-state index in [1.807, 2.05) is 27.7 Å². The Morgan fingerprint density at radius 1 is 0.800 bits per heavy atom. The molecule has 6 heteroatoms. The molecule has 0 fully saturated rings. The van der Waals surface area contributed by atoms with Crippen LogP contribution in [0, 0.1) is 11.8 Å². The summed E-state index contributed by atoms with van der Waals surface area (Å²) >= 11 is 0. The van der Waals surface area contributed by atoms with Crippen molar-refractivity contribution in [3.63, 3.8) is 0 Å². The predicted octanol–water partition coefficient (Wildman–Crippen LogP) is 1.67. The molecule has 0 aromatic rings. The lowest BCUT2D eigenvalue weighted by molar-refractivity contribution is -0.138. The second-order valence-corrected chi connectivity index (χ2v) is 5.97. The second-order valence-electron chi connectivity index (χ2n) is 5.97. The van der Waals surface area contributed by atoms with E-state index >= 15 is 0 Å². The van der Waals surface area contributed by atoms with Crippen molar-refractivity contribution in [3.05, 3.63) is 0 Å². The maximum atomic E-state index is 10.1. The van der Waals surface area contributed by atoms with E-state index in [1.165, 1.54) is 0 Å². The lowest BCUT2D eigenvalue weighted by atomic mass is 10.0. The van der Waals surface area contributed by atoms with E-state index < -0.39 is 11.9 Å². The number of aliphatic carboxylic acids is 2. The molecule has 0 aliphatic rings. The third-order valence-corrected chi connectivity index (χ3v) is 2.42. The highest BCUT2D eigenvalue weighted by atomic mass is 16.4. The number of hydrogen-bond donors (Lipinski definition) is 4. The molecule has 6 nitrogen and oxygen atoms in total. The Morgan fingerprint density at radius 2 is 1.05 bits per heavy atom. The van der Waals surface area contributed by atoms with Gasteiger partial charge >= 0.3 is 11.9 Å². The van der Waals surface area contributed by atoms with Crippen molar-refractivity contribution in [2.75, 3.05) is 0 Å². The van der Waals surface area contributed by atoms with Gasteiger partial charge in [0, 0.05) is 12.1 Å². The molecule has 20 heavy (non-hydrogen) atoms. The zero-order valence-electron chi connectivity index (χ0n) is 13.0. The molecule has 0 saturated carbocycles. The highest BCUT2D eigenvalue weighted by Gasteiger charge is 2.09. The molecule has 0 amide bonds. The molecular weight excluding hydrogens is 260 g/mol. The summed E-state index contributed by atoms with van der Waals surface area (Å²) < 4.78 is 0. The number of nitrogens with two attached hydrogens (primary N) is 2. The van der Waals surface area contributed by atoms with Crippen LogP contribution >= 0.6 is 0 Å². The van der Waals surface area contributed by atoms with Crippen LogP contribution in [0.5, 0.6) is 0 Å². The van der Waals surface area contributed by atoms with E-state index in [1.54, 1.807) is 0 Å². The van der Waals surface area contributed by atoms with Crippen molar-refractivity contribution in [1.82, 2.24) is 0 Å². The fraction of sp³-hybridized carbons (Fsp3) is 0.857. The number of carboxylic acids is 2. The summed E-state index contributed by atoms with van der Waals surface area (Å²) in [6, 6.07) is -0.366. The Bertz CT molecular complexity index is 252. The van der Waals surface area contributed by atoms with Gasteiger partial charge in [0.05, 0.1) is 12.8 Å². The zero-order chi connectivity index (χ0) is 16.3. The van der Waals surface area contributed by atoms with E-state index in [0.29, 0.717) is 11.8 Å². The summed E-state index contributed by atoms with van der Waals surface area (Å²) in [5, 5.41) is 16.6. The summed E-state index contributed by atoms with van der Waals surface area (Å²) in [6.07, 6.45) is 1.73. The van der Waals surface area contributed by atoms with Gasteiger partial charge in [0.1, 0.15) is 0 Å². The topological polar surface area (TPSA) is 127 Å². The number of hydrogen-bond acceptors (Lipinski definition) is 4. The predicted molar refractivity (Wildman–Crippen MR) is 79.4 cm³/mol. The van der Waals surface area contributed by atoms with E-state index in [0.717, 1.165) is 12.8 Å². The molecule has 0 rings (SSSR count). The monoisotopic (exact) mass is 290 g/mol. The molecule has 6 N–H and O–H groups in total. The Balaban J connectivity index is 0. The average Bonchev–Trinajstić information content (AvgIpc) is 2.11. The van der Waals surface area contributed by atoms with Crippen LogP contribution in [-0.4, -0.2) is 34.2 Å². The minimum Gasteiger partial charge on any atom is -0.481 e. The smallest absolute Gasteiger partial charge is 0.304 e. The number of carbonyl (C=O) groups is 2. The third kappa shape index (κ3) is 19.2. The minimum atomic E-state index is -0.812. The van der Waals surface area contributed by atoms with Gasteiger partial charge in [-0.25, -0.2) is 0 Å². The molecule has 0 spiro atoms. The van der Waals surface area contributed by atoms with Gasteiger partial charge in [-0.2, -0.15) is 0 Å². The lowest BCUT2D eigenvalue weighted by Crippen LogP contribution is -2.25. The summed E-state index contributed by atoms with van der Waals surface area (Å²) in [5.74, 6) is -0.662. The molecule has 2 atom stereocenters. The summed E-state index contributed by atoms with van der Waals surface area (Å²) in [5.41, 5.74) is 11.0. The molecule has 0 heterocycles. The molecule has 0 aromatic heterocycles. The fourth-order valence-electron chi connectivity index (χ4n) is 1.83. The Morgan fingerprint density at radius 3 is 1.20 bits per heavy atom. The molecule has 0 aliphatic heterocycles. The highest BCUT2D eigenvalue weighted by molar-refractivity contribution is 5.67. The number of rotatable bonds is 8. The maximum absolute atomic E-state index is 10.1. The lowest BCUT2D eigenvalue weighted by Gasteiger charge is -2.10. The van der Waals surface area contributed by atoms with Crippen LogP contribution in [-0.2, 0) is 9.59 Å². The van der Waals surface area contributed by atoms with E-state index in [9.17, 15) is 9.59 Å². The van der Waals surface area contributed by atoms with Gasteiger partial charge in [0.2, 0.25) is 0 Å². The molecule has 0 aromatic carbocycles. The van der Waals surface area contributed by atoms with E-state index in [4.69, 9.17) is 21.7 Å². The van der Waals surface area contributed by atoms with Crippen LogP contribution in [0.25, 0.3) is 0 Å². The normalized spacial score (nSPS) is 13.6. The quantitative estimate of drug-likeness (QED) is 0.538. The zero-order valence-corrected chi connectivity index (χ0v) is 13.0. The molecule has 120 valence electrons. The first-order valence-electron chi connectivity index (χ1n) is 6.99. The SMILES string of the molecule is CC(C)C[C@H](N)CC(=O)O.CC(C)C[C@H](N)CC(=O)O. The standard InChI is InChI=1S/2C7H15NO2/c2*1-5(2)3-6(8)4-7(9)10/h2*5-6H,3-4,8H2,1-2H3,(H,9,10)/t2*6-/m00/s1. The van der Waals surface area contributed by atoms with E-state index in [-0.39, 0.29) is 24.9 Å². The Hall–Kier alpha value is -1.14. The van der Waals surface area contributed by atoms with Gasteiger partial charge in [-0.15, -0.1) is 0 Å². The first-order chi connectivity index (χ1) is 9.04. The minimum absolute atomic E-state index is 0.0815. The fourth-order valence-corrected chi connectivity index (χ4v) is 1.83. The highest BCUT2D eigenvalue weighted by Crippen LogP contribution is 2.05. The first-order valence-corrected chi connectivity index (χ1v) is 6.99. The van der Waals surface area contributed by atoms with Gasteiger partial charge in [-0.3, -0.25) is 9.59 Å². The largest absolute Gasteiger partial charge is 0.481 e. The maximum Gasteiger partial charge on any atom is 0.304 e. The van der Waals surface area contributed by atoms with Gasteiger partial charge in [-0.05, 0) is 24.7 Å². The van der Waals surface area contributed by atoms with Crippen LogP contribution in [0.1, 0.15) is 53.4 Å². The average molecular weight is 290 g/mol. The molecular formula is C14H30N2O4. The van der Waals surface area contributed by atoms with Crippen molar-refractivity contribution >= 4 is 11.9 Å². The van der Waals surface area contributed by atoms with Crippen LogP contribution in [0.4, 0.5) is 0 Å². The van der Waals surface area contributed by atoms with Gasteiger partial charge < -0.3 is 21.7 Å². The second kappa shape index (κ2) is 11.7. The van der Waals surface area contributed by atoms with Crippen LogP contribution in [0.2, 0.25) is 0 Å².